The average Bonchev–Trinajstić information content (AvgIpc) is 2.41. The van der Waals surface area contributed by atoms with Gasteiger partial charge in [0.05, 0.1) is 6.21 Å². The minimum Gasteiger partial charge on any atom is -0.323 e. The standard InChI is InChI=1S/C13H17N3O/c17-13(16-9-5-2-6-10-16)15-14-11-12-7-3-1-4-8-12/h1,3-4,7-8,11H,2,5-6,9-10H2,(H,15,17)/b14-11+. The Balaban J connectivity index is 1.81. The highest BCUT2D eigenvalue weighted by Crippen LogP contribution is 2.08. The van der Waals surface area contributed by atoms with Gasteiger partial charge in [0, 0.05) is 13.1 Å². The largest absolute Gasteiger partial charge is 0.337 e. The van der Waals surface area contributed by atoms with Crippen molar-refractivity contribution in [1.29, 1.82) is 0 Å². The lowest BCUT2D eigenvalue weighted by Gasteiger charge is -2.25. The third-order valence-corrected chi connectivity index (χ3v) is 2.82. The van der Waals surface area contributed by atoms with Crippen molar-refractivity contribution < 1.29 is 4.79 Å². The van der Waals surface area contributed by atoms with Crippen molar-refractivity contribution >= 4 is 12.2 Å². The van der Waals surface area contributed by atoms with E-state index in [4.69, 9.17) is 0 Å². The van der Waals surface area contributed by atoms with E-state index in [-0.39, 0.29) is 6.03 Å². The third kappa shape index (κ3) is 3.59. The van der Waals surface area contributed by atoms with Crippen LogP contribution in [-0.2, 0) is 0 Å². The molecule has 0 atom stereocenters. The molecule has 1 aromatic rings. The maximum atomic E-state index is 11.7. The van der Waals surface area contributed by atoms with Gasteiger partial charge in [-0.3, -0.25) is 0 Å². The highest BCUT2D eigenvalue weighted by atomic mass is 16.2. The number of nitrogens with one attached hydrogen (secondary N) is 1. The second-order valence-corrected chi connectivity index (χ2v) is 4.13. The Hall–Kier alpha value is -1.84. The van der Waals surface area contributed by atoms with Crippen LogP contribution < -0.4 is 5.43 Å². The summed E-state index contributed by atoms with van der Waals surface area (Å²) in [6.07, 6.45) is 5.06. The summed E-state index contributed by atoms with van der Waals surface area (Å²) in [4.78, 5) is 13.5. The first-order chi connectivity index (χ1) is 8.36. The van der Waals surface area contributed by atoms with E-state index in [2.05, 4.69) is 10.5 Å². The van der Waals surface area contributed by atoms with E-state index in [9.17, 15) is 4.79 Å². The number of amides is 2. The number of nitrogens with zero attached hydrogens (tertiary/aromatic N) is 2. The molecule has 0 unspecified atom stereocenters. The monoisotopic (exact) mass is 231 g/mol. The van der Waals surface area contributed by atoms with Crippen LogP contribution in [0.25, 0.3) is 0 Å². The molecule has 0 aliphatic carbocycles. The summed E-state index contributed by atoms with van der Waals surface area (Å²) in [6.45, 7) is 1.68. The van der Waals surface area contributed by atoms with Crippen LogP contribution in [0.2, 0.25) is 0 Å². The lowest BCUT2D eigenvalue weighted by molar-refractivity contribution is 0.187. The van der Waals surface area contributed by atoms with E-state index in [1.165, 1.54) is 6.42 Å². The summed E-state index contributed by atoms with van der Waals surface area (Å²) in [5, 5.41) is 3.95. The fourth-order valence-corrected chi connectivity index (χ4v) is 1.87. The third-order valence-electron chi connectivity index (χ3n) is 2.82. The van der Waals surface area contributed by atoms with Crippen molar-refractivity contribution in [3.63, 3.8) is 0 Å². The first kappa shape index (κ1) is 11.6. The van der Waals surface area contributed by atoms with Crippen LogP contribution >= 0.6 is 0 Å². The van der Waals surface area contributed by atoms with Crippen molar-refractivity contribution in [3.8, 4) is 0 Å². The smallest absolute Gasteiger partial charge is 0.323 e. The van der Waals surface area contributed by atoms with Crippen LogP contribution in [0, 0.1) is 0 Å². The highest BCUT2D eigenvalue weighted by molar-refractivity contribution is 5.81. The van der Waals surface area contributed by atoms with Gasteiger partial charge in [0.1, 0.15) is 0 Å². The molecule has 1 saturated heterocycles. The molecule has 0 bridgehead atoms. The van der Waals surface area contributed by atoms with Gasteiger partial charge in [0.2, 0.25) is 0 Å². The highest BCUT2D eigenvalue weighted by Gasteiger charge is 2.15. The van der Waals surface area contributed by atoms with Crippen LogP contribution in [0.1, 0.15) is 24.8 Å². The Kier molecular flexibility index (Phi) is 4.13. The van der Waals surface area contributed by atoms with Crippen molar-refractivity contribution in [1.82, 2.24) is 10.3 Å². The van der Waals surface area contributed by atoms with Gasteiger partial charge < -0.3 is 4.90 Å². The number of rotatable bonds is 2. The maximum Gasteiger partial charge on any atom is 0.337 e. The van der Waals surface area contributed by atoms with Crippen LogP contribution in [0.4, 0.5) is 4.79 Å². The Labute approximate surface area is 101 Å². The number of benzene rings is 1. The molecule has 0 aromatic heterocycles. The van der Waals surface area contributed by atoms with Crippen LogP contribution in [0.5, 0.6) is 0 Å². The SMILES string of the molecule is O=C(N/N=C/c1ccccc1)N1CCCCC1. The molecule has 1 fully saturated rings. The number of hydrazone groups is 1. The van der Waals surface area contributed by atoms with Crippen molar-refractivity contribution in [2.24, 2.45) is 5.10 Å². The number of carbonyl (C=O) groups excluding carboxylic acids is 1. The topological polar surface area (TPSA) is 44.7 Å². The Morgan fingerprint density at radius 3 is 2.59 bits per heavy atom. The average molecular weight is 231 g/mol. The number of hydrogen-bond donors (Lipinski definition) is 1. The molecule has 1 heterocycles. The number of hydrogen-bond acceptors (Lipinski definition) is 2. The van der Waals surface area contributed by atoms with Gasteiger partial charge in [-0.1, -0.05) is 30.3 Å². The molecule has 90 valence electrons. The summed E-state index contributed by atoms with van der Waals surface area (Å²) >= 11 is 0. The van der Waals surface area contributed by atoms with Gasteiger partial charge in [-0.05, 0) is 24.8 Å². The lowest BCUT2D eigenvalue weighted by Crippen LogP contribution is -2.40. The number of piperidine rings is 1. The maximum absolute atomic E-state index is 11.7. The molecule has 1 N–H and O–H groups in total. The molecule has 4 nitrogen and oxygen atoms in total. The van der Waals surface area contributed by atoms with Crippen LogP contribution in [-0.4, -0.2) is 30.2 Å². The second kappa shape index (κ2) is 6.03. The lowest BCUT2D eigenvalue weighted by atomic mass is 10.1. The molecule has 17 heavy (non-hydrogen) atoms. The molecule has 0 spiro atoms. The minimum absolute atomic E-state index is 0.100. The van der Waals surface area contributed by atoms with E-state index >= 15 is 0 Å². The van der Waals surface area contributed by atoms with E-state index in [1.807, 2.05) is 35.2 Å². The first-order valence-electron chi connectivity index (χ1n) is 5.99. The molecule has 0 radical (unpaired) electrons. The zero-order chi connectivity index (χ0) is 11.9. The summed E-state index contributed by atoms with van der Waals surface area (Å²) in [5.41, 5.74) is 3.54. The predicted molar refractivity (Wildman–Crippen MR) is 68.0 cm³/mol. The first-order valence-corrected chi connectivity index (χ1v) is 5.99. The summed E-state index contributed by atoms with van der Waals surface area (Å²) in [7, 11) is 0. The summed E-state index contributed by atoms with van der Waals surface area (Å²) in [6, 6.07) is 9.61. The fourth-order valence-electron chi connectivity index (χ4n) is 1.87. The normalized spacial score (nSPS) is 16.1. The van der Waals surface area contributed by atoms with Gasteiger partial charge in [-0.2, -0.15) is 5.10 Å². The Bertz CT molecular complexity index is 383. The number of urea groups is 1. The van der Waals surface area contributed by atoms with Gasteiger partial charge in [-0.25, -0.2) is 10.2 Å². The molecule has 2 rings (SSSR count). The predicted octanol–water partition coefficient (Wildman–Crippen LogP) is 2.22. The zero-order valence-electron chi connectivity index (χ0n) is 9.80. The van der Waals surface area contributed by atoms with E-state index in [0.717, 1.165) is 31.5 Å². The molecular formula is C13H17N3O. The Morgan fingerprint density at radius 2 is 1.88 bits per heavy atom. The quantitative estimate of drug-likeness (QED) is 0.615. The van der Waals surface area contributed by atoms with E-state index in [1.54, 1.807) is 6.21 Å². The van der Waals surface area contributed by atoms with Gasteiger partial charge >= 0.3 is 6.03 Å². The van der Waals surface area contributed by atoms with Crippen molar-refractivity contribution in [2.45, 2.75) is 19.3 Å². The van der Waals surface area contributed by atoms with Gasteiger partial charge in [0.15, 0.2) is 0 Å². The summed E-state index contributed by atoms with van der Waals surface area (Å²) < 4.78 is 0. The molecule has 1 aromatic carbocycles. The summed E-state index contributed by atoms with van der Waals surface area (Å²) in [5.74, 6) is 0. The zero-order valence-corrected chi connectivity index (χ0v) is 9.80. The number of likely N-dealkylation sites (tertiary alicyclic amines) is 1. The molecular weight excluding hydrogens is 214 g/mol. The molecule has 4 heteroatoms. The van der Waals surface area contributed by atoms with Gasteiger partial charge in [0.25, 0.3) is 0 Å². The van der Waals surface area contributed by atoms with Crippen molar-refractivity contribution in [3.05, 3.63) is 35.9 Å². The molecule has 2 amide bonds. The van der Waals surface area contributed by atoms with E-state index < -0.39 is 0 Å². The molecule has 1 aliphatic rings. The molecule has 0 saturated carbocycles. The van der Waals surface area contributed by atoms with Crippen molar-refractivity contribution in [2.75, 3.05) is 13.1 Å². The van der Waals surface area contributed by atoms with Crippen LogP contribution in [0.3, 0.4) is 0 Å². The van der Waals surface area contributed by atoms with E-state index in [0.29, 0.717) is 0 Å². The fraction of sp³-hybridized carbons (Fsp3) is 0.385. The number of carbonyl (C=O) groups is 1. The second-order valence-electron chi connectivity index (χ2n) is 4.13. The Morgan fingerprint density at radius 1 is 1.18 bits per heavy atom. The van der Waals surface area contributed by atoms with Crippen LogP contribution in [0.15, 0.2) is 35.4 Å². The molecule has 1 aliphatic heterocycles. The van der Waals surface area contributed by atoms with Gasteiger partial charge in [-0.15, -0.1) is 0 Å². The minimum atomic E-state index is -0.100.